The molecule has 0 saturated carbocycles. The first-order valence-electron chi connectivity index (χ1n) is 4.74. The SMILES string of the molecule is CCCCNc1ccc(C)cc1F. The van der Waals surface area contributed by atoms with Gasteiger partial charge in [-0.1, -0.05) is 19.4 Å². The fourth-order valence-corrected chi connectivity index (χ4v) is 1.16. The third kappa shape index (κ3) is 3.05. The second kappa shape index (κ2) is 4.85. The first kappa shape index (κ1) is 10.0. The zero-order chi connectivity index (χ0) is 9.68. The lowest BCUT2D eigenvalue weighted by molar-refractivity contribution is 0.628. The number of nitrogens with one attached hydrogen (secondary N) is 1. The van der Waals surface area contributed by atoms with Crippen LogP contribution in [0.2, 0.25) is 0 Å². The van der Waals surface area contributed by atoms with E-state index in [9.17, 15) is 4.39 Å². The molecule has 0 saturated heterocycles. The third-order valence-corrected chi connectivity index (χ3v) is 1.97. The monoisotopic (exact) mass is 181 g/mol. The van der Waals surface area contributed by atoms with E-state index in [2.05, 4.69) is 12.2 Å². The molecule has 0 aliphatic rings. The molecule has 1 aromatic carbocycles. The number of hydrogen-bond acceptors (Lipinski definition) is 1. The first-order valence-corrected chi connectivity index (χ1v) is 4.74. The molecule has 1 rings (SSSR count). The minimum absolute atomic E-state index is 0.156. The minimum atomic E-state index is -0.156. The summed E-state index contributed by atoms with van der Waals surface area (Å²) < 4.78 is 13.2. The Morgan fingerprint density at radius 1 is 1.38 bits per heavy atom. The van der Waals surface area contributed by atoms with Gasteiger partial charge in [0.25, 0.3) is 0 Å². The standard InChI is InChI=1S/C11H16FN/c1-3-4-7-13-11-6-5-9(2)8-10(11)12/h5-6,8,13H,3-4,7H2,1-2H3. The molecular weight excluding hydrogens is 165 g/mol. The smallest absolute Gasteiger partial charge is 0.146 e. The van der Waals surface area contributed by atoms with Crippen LogP contribution >= 0.6 is 0 Å². The summed E-state index contributed by atoms with van der Waals surface area (Å²) in [6.07, 6.45) is 2.20. The Balaban J connectivity index is 2.56. The van der Waals surface area contributed by atoms with Crippen LogP contribution in [-0.2, 0) is 0 Å². The van der Waals surface area contributed by atoms with Gasteiger partial charge in [0.05, 0.1) is 5.69 Å². The summed E-state index contributed by atoms with van der Waals surface area (Å²) in [6.45, 7) is 4.85. The van der Waals surface area contributed by atoms with Crippen LogP contribution in [0.25, 0.3) is 0 Å². The third-order valence-electron chi connectivity index (χ3n) is 1.97. The topological polar surface area (TPSA) is 12.0 Å². The quantitative estimate of drug-likeness (QED) is 0.702. The zero-order valence-electron chi connectivity index (χ0n) is 8.23. The summed E-state index contributed by atoms with van der Waals surface area (Å²) >= 11 is 0. The van der Waals surface area contributed by atoms with Crippen molar-refractivity contribution in [3.8, 4) is 0 Å². The molecule has 1 nitrogen and oxygen atoms in total. The molecule has 72 valence electrons. The first-order chi connectivity index (χ1) is 6.24. The van der Waals surface area contributed by atoms with Gasteiger partial charge in [-0.3, -0.25) is 0 Å². The molecule has 0 radical (unpaired) electrons. The molecule has 0 aliphatic heterocycles. The Labute approximate surface area is 79.0 Å². The van der Waals surface area contributed by atoms with Gasteiger partial charge in [-0.2, -0.15) is 0 Å². The van der Waals surface area contributed by atoms with Gasteiger partial charge in [-0.25, -0.2) is 4.39 Å². The number of aryl methyl sites for hydroxylation is 1. The highest BCUT2D eigenvalue weighted by Gasteiger charge is 1.99. The van der Waals surface area contributed by atoms with Crippen molar-refractivity contribution in [3.63, 3.8) is 0 Å². The van der Waals surface area contributed by atoms with Crippen molar-refractivity contribution in [1.29, 1.82) is 0 Å². The Morgan fingerprint density at radius 2 is 2.15 bits per heavy atom. The highest BCUT2D eigenvalue weighted by atomic mass is 19.1. The average molecular weight is 181 g/mol. The van der Waals surface area contributed by atoms with Crippen LogP contribution in [0.3, 0.4) is 0 Å². The van der Waals surface area contributed by atoms with Crippen molar-refractivity contribution in [2.24, 2.45) is 0 Å². The van der Waals surface area contributed by atoms with Crippen LogP contribution < -0.4 is 5.32 Å². The van der Waals surface area contributed by atoms with Crippen LogP contribution in [0.15, 0.2) is 18.2 Å². The van der Waals surface area contributed by atoms with E-state index in [-0.39, 0.29) is 5.82 Å². The van der Waals surface area contributed by atoms with E-state index in [0.29, 0.717) is 5.69 Å². The van der Waals surface area contributed by atoms with Crippen molar-refractivity contribution < 1.29 is 4.39 Å². The number of halogens is 1. The van der Waals surface area contributed by atoms with E-state index >= 15 is 0 Å². The predicted molar refractivity (Wildman–Crippen MR) is 54.5 cm³/mol. The summed E-state index contributed by atoms with van der Waals surface area (Å²) in [6, 6.07) is 5.26. The number of rotatable bonds is 4. The van der Waals surface area contributed by atoms with E-state index in [0.717, 1.165) is 24.9 Å². The highest BCUT2D eigenvalue weighted by Crippen LogP contribution is 2.14. The van der Waals surface area contributed by atoms with Gasteiger partial charge >= 0.3 is 0 Å². The predicted octanol–water partition coefficient (Wildman–Crippen LogP) is 3.35. The summed E-state index contributed by atoms with van der Waals surface area (Å²) in [7, 11) is 0. The molecule has 1 N–H and O–H groups in total. The molecule has 0 amide bonds. The van der Waals surface area contributed by atoms with Gasteiger partial charge in [0, 0.05) is 6.54 Å². The van der Waals surface area contributed by atoms with Crippen molar-refractivity contribution in [2.45, 2.75) is 26.7 Å². The maximum Gasteiger partial charge on any atom is 0.146 e. The Morgan fingerprint density at radius 3 is 2.77 bits per heavy atom. The minimum Gasteiger partial charge on any atom is -0.383 e. The van der Waals surface area contributed by atoms with E-state index < -0.39 is 0 Å². The summed E-state index contributed by atoms with van der Waals surface area (Å²) in [5.41, 5.74) is 1.57. The molecule has 0 aromatic heterocycles. The summed E-state index contributed by atoms with van der Waals surface area (Å²) in [5, 5.41) is 3.07. The molecule has 0 atom stereocenters. The van der Waals surface area contributed by atoms with Gasteiger partial charge < -0.3 is 5.32 Å². The maximum absolute atomic E-state index is 13.2. The number of anilines is 1. The average Bonchev–Trinajstić information content (AvgIpc) is 2.09. The maximum atomic E-state index is 13.2. The van der Waals surface area contributed by atoms with E-state index in [1.165, 1.54) is 0 Å². The van der Waals surface area contributed by atoms with Crippen molar-refractivity contribution >= 4 is 5.69 Å². The van der Waals surface area contributed by atoms with Gasteiger partial charge in [0.1, 0.15) is 5.82 Å². The molecule has 13 heavy (non-hydrogen) atoms. The van der Waals surface area contributed by atoms with Gasteiger partial charge in [0.2, 0.25) is 0 Å². The Kier molecular flexibility index (Phi) is 3.74. The molecule has 0 aliphatic carbocycles. The normalized spacial score (nSPS) is 10.1. The van der Waals surface area contributed by atoms with Gasteiger partial charge in [-0.15, -0.1) is 0 Å². The fraction of sp³-hybridized carbons (Fsp3) is 0.455. The number of hydrogen-bond donors (Lipinski definition) is 1. The molecule has 0 fully saturated rings. The van der Waals surface area contributed by atoms with E-state index in [1.54, 1.807) is 12.1 Å². The van der Waals surface area contributed by atoms with Crippen LogP contribution in [-0.4, -0.2) is 6.54 Å². The lowest BCUT2D eigenvalue weighted by Crippen LogP contribution is -2.02. The van der Waals surface area contributed by atoms with Crippen molar-refractivity contribution in [2.75, 3.05) is 11.9 Å². The number of unbranched alkanes of at least 4 members (excludes halogenated alkanes) is 1. The second-order valence-electron chi connectivity index (χ2n) is 3.26. The number of benzene rings is 1. The molecule has 0 unspecified atom stereocenters. The van der Waals surface area contributed by atoms with Crippen molar-refractivity contribution in [1.82, 2.24) is 0 Å². The van der Waals surface area contributed by atoms with Crippen LogP contribution in [0.5, 0.6) is 0 Å². The van der Waals surface area contributed by atoms with Crippen molar-refractivity contribution in [3.05, 3.63) is 29.6 Å². The van der Waals surface area contributed by atoms with Gasteiger partial charge in [-0.05, 0) is 31.0 Å². The lowest BCUT2D eigenvalue weighted by atomic mass is 10.2. The van der Waals surface area contributed by atoms with Crippen LogP contribution in [0, 0.1) is 12.7 Å². The molecule has 0 spiro atoms. The van der Waals surface area contributed by atoms with E-state index in [1.807, 2.05) is 13.0 Å². The molecule has 0 bridgehead atoms. The second-order valence-corrected chi connectivity index (χ2v) is 3.26. The van der Waals surface area contributed by atoms with E-state index in [4.69, 9.17) is 0 Å². The lowest BCUT2D eigenvalue weighted by Gasteiger charge is -2.06. The summed E-state index contributed by atoms with van der Waals surface area (Å²) in [5.74, 6) is -0.156. The van der Waals surface area contributed by atoms with Crippen LogP contribution in [0.1, 0.15) is 25.3 Å². The van der Waals surface area contributed by atoms with Crippen LogP contribution in [0.4, 0.5) is 10.1 Å². The van der Waals surface area contributed by atoms with Gasteiger partial charge in [0.15, 0.2) is 0 Å². The molecule has 0 heterocycles. The largest absolute Gasteiger partial charge is 0.383 e. The Bertz CT molecular complexity index is 271. The fourth-order valence-electron chi connectivity index (χ4n) is 1.16. The Hall–Kier alpha value is -1.05. The molecule has 2 heteroatoms. The molecular formula is C11H16FN. The summed E-state index contributed by atoms with van der Waals surface area (Å²) in [4.78, 5) is 0. The zero-order valence-corrected chi connectivity index (χ0v) is 8.23. The molecule has 1 aromatic rings. The highest BCUT2D eigenvalue weighted by molar-refractivity contribution is 5.45.